The summed E-state index contributed by atoms with van der Waals surface area (Å²) in [5.41, 5.74) is 5.57. The summed E-state index contributed by atoms with van der Waals surface area (Å²) < 4.78 is 0. The van der Waals surface area contributed by atoms with Crippen molar-refractivity contribution in [1.82, 2.24) is 5.32 Å². The Kier molecular flexibility index (Phi) is 10.0. The Hall–Kier alpha value is -0.570. The first-order chi connectivity index (χ1) is 8.58. The van der Waals surface area contributed by atoms with Crippen LogP contribution in [-0.2, 0) is 4.79 Å². The Morgan fingerprint density at radius 3 is 2.17 bits per heavy atom. The Morgan fingerprint density at radius 2 is 1.72 bits per heavy atom. The van der Waals surface area contributed by atoms with E-state index in [0.717, 1.165) is 38.6 Å². The molecular weight excluding hydrogens is 224 g/mol. The molecule has 0 aliphatic heterocycles. The third kappa shape index (κ3) is 7.00. The average molecular weight is 256 g/mol. The van der Waals surface area contributed by atoms with Gasteiger partial charge in [0.15, 0.2) is 0 Å². The standard InChI is InChI=1S/C15H32N2O/c1-5-13(10-11-16)8-9-15(18)17-12(4)14(6-2)7-3/h12-14H,5-11,16H2,1-4H3,(H,17,18). The molecule has 18 heavy (non-hydrogen) atoms. The molecule has 0 spiro atoms. The molecule has 1 amide bonds. The highest BCUT2D eigenvalue weighted by Gasteiger charge is 2.16. The quantitative estimate of drug-likeness (QED) is 0.631. The van der Waals surface area contributed by atoms with Gasteiger partial charge < -0.3 is 11.1 Å². The van der Waals surface area contributed by atoms with Crippen LogP contribution in [0.4, 0.5) is 0 Å². The third-order valence-electron chi connectivity index (χ3n) is 4.08. The normalized spacial score (nSPS) is 14.6. The van der Waals surface area contributed by atoms with E-state index in [1.165, 1.54) is 0 Å². The lowest BCUT2D eigenvalue weighted by atomic mass is 9.94. The molecule has 0 aliphatic carbocycles. The van der Waals surface area contributed by atoms with Crippen molar-refractivity contribution in [2.24, 2.45) is 17.6 Å². The molecule has 0 radical (unpaired) electrons. The topological polar surface area (TPSA) is 55.1 Å². The van der Waals surface area contributed by atoms with Crippen molar-refractivity contribution in [1.29, 1.82) is 0 Å². The van der Waals surface area contributed by atoms with Crippen LogP contribution in [-0.4, -0.2) is 18.5 Å². The fraction of sp³-hybridized carbons (Fsp3) is 0.933. The minimum atomic E-state index is 0.199. The SMILES string of the molecule is CCC(CCN)CCC(=O)NC(C)C(CC)CC. The van der Waals surface area contributed by atoms with E-state index in [9.17, 15) is 4.79 Å². The number of carbonyl (C=O) groups excluding carboxylic acids is 1. The molecule has 3 heteroatoms. The molecule has 0 fully saturated rings. The van der Waals surface area contributed by atoms with E-state index in [2.05, 4.69) is 33.0 Å². The van der Waals surface area contributed by atoms with Gasteiger partial charge in [0.25, 0.3) is 0 Å². The lowest BCUT2D eigenvalue weighted by Crippen LogP contribution is -2.37. The van der Waals surface area contributed by atoms with Crippen LogP contribution in [0.1, 0.15) is 66.2 Å². The highest BCUT2D eigenvalue weighted by Crippen LogP contribution is 2.16. The second-order valence-corrected chi connectivity index (χ2v) is 5.32. The zero-order chi connectivity index (χ0) is 14.0. The summed E-state index contributed by atoms with van der Waals surface area (Å²) in [4.78, 5) is 11.9. The number of amides is 1. The molecule has 2 unspecified atom stereocenters. The minimum Gasteiger partial charge on any atom is -0.353 e. The molecule has 2 atom stereocenters. The van der Waals surface area contributed by atoms with Gasteiger partial charge in [-0.05, 0) is 38.1 Å². The number of carbonyl (C=O) groups is 1. The Morgan fingerprint density at radius 1 is 1.11 bits per heavy atom. The van der Waals surface area contributed by atoms with Gasteiger partial charge in [0.05, 0.1) is 0 Å². The summed E-state index contributed by atoms with van der Waals surface area (Å²) in [6.45, 7) is 9.39. The number of rotatable bonds is 10. The summed E-state index contributed by atoms with van der Waals surface area (Å²) in [5.74, 6) is 1.40. The van der Waals surface area contributed by atoms with Crippen LogP contribution >= 0.6 is 0 Å². The molecule has 0 rings (SSSR count). The molecule has 0 aromatic heterocycles. The molecule has 0 aromatic carbocycles. The van der Waals surface area contributed by atoms with Gasteiger partial charge in [-0.2, -0.15) is 0 Å². The first-order valence-corrected chi connectivity index (χ1v) is 7.58. The van der Waals surface area contributed by atoms with Crippen molar-refractivity contribution in [3.05, 3.63) is 0 Å². The van der Waals surface area contributed by atoms with Gasteiger partial charge in [0.2, 0.25) is 5.91 Å². The smallest absolute Gasteiger partial charge is 0.220 e. The van der Waals surface area contributed by atoms with Crippen LogP contribution in [0.5, 0.6) is 0 Å². The van der Waals surface area contributed by atoms with E-state index in [1.807, 2.05) is 0 Å². The van der Waals surface area contributed by atoms with Crippen molar-refractivity contribution in [3.8, 4) is 0 Å². The summed E-state index contributed by atoms with van der Waals surface area (Å²) in [6.07, 6.45) is 6.02. The van der Waals surface area contributed by atoms with Gasteiger partial charge in [-0.15, -0.1) is 0 Å². The van der Waals surface area contributed by atoms with Crippen LogP contribution in [0, 0.1) is 11.8 Å². The molecule has 0 bridgehead atoms. The Balaban J connectivity index is 3.95. The fourth-order valence-corrected chi connectivity index (χ4v) is 2.56. The lowest BCUT2D eigenvalue weighted by molar-refractivity contribution is -0.122. The second-order valence-electron chi connectivity index (χ2n) is 5.32. The first-order valence-electron chi connectivity index (χ1n) is 7.58. The van der Waals surface area contributed by atoms with Crippen LogP contribution in [0.3, 0.4) is 0 Å². The van der Waals surface area contributed by atoms with E-state index < -0.39 is 0 Å². The number of hydrogen-bond acceptors (Lipinski definition) is 2. The van der Waals surface area contributed by atoms with Gasteiger partial charge in [-0.3, -0.25) is 4.79 Å². The monoisotopic (exact) mass is 256 g/mol. The van der Waals surface area contributed by atoms with Crippen molar-refractivity contribution < 1.29 is 4.79 Å². The van der Waals surface area contributed by atoms with Crippen LogP contribution in [0.15, 0.2) is 0 Å². The van der Waals surface area contributed by atoms with Crippen molar-refractivity contribution in [3.63, 3.8) is 0 Å². The molecule has 0 saturated carbocycles. The molecule has 0 aromatic rings. The zero-order valence-corrected chi connectivity index (χ0v) is 12.7. The molecular formula is C15H32N2O. The minimum absolute atomic E-state index is 0.199. The summed E-state index contributed by atoms with van der Waals surface area (Å²) in [5, 5.41) is 3.13. The fourth-order valence-electron chi connectivity index (χ4n) is 2.56. The Bertz CT molecular complexity index is 215. The molecule has 0 heterocycles. The maximum absolute atomic E-state index is 11.9. The number of nitrogens with two attached hydrogens (primary N) is 1. The van der Waals surface area contributed by atoms with Crippen molar-refractivity contribution in [2.45, 2.75) is 72.3 Å². The first kappa shape index (κ1) is 17.4. The van der Waals surface area contributed by atoms with E-state index in [4.69, 9.17) is 5.73 Å². The van der Waals surface area contributed by atoms with E-state index in [-0.39, 0.29) is 5.91 Å². The van der Waals surface area contributed by atoms with Crippen molar-refractivity contribution in [2.75, 3.05) is 6.54 Å². The van der Waals surface area contributed by atoms with Crippen molar-refractivity contribution >= 4 is 5.91 Å². The highest BCUT2D eigenvalue weighted by molar-refractivity contribution is 5.76. The summed E-state index contributed by atoms with van der Waals surface area (Å²) in [7, 11) is 0. The maximum Gasteiger partial charge on any atom is 0.220 e. The van der Waals surface area contributed by atoms with E-state index in [1.54, 1.807) is 0 Å². The average Bonchev–Trinajstić information content (AvgIpc) is 2.35. The highest BCUT2D eigenvalue weighted by atomic mass is 16.1. The Labute approximate surface area is 113 Å². The molecule has 0 saturated heterocycles. The molecule has 0 aliphatic rings. The molecule has 3 nitrogen and oxygen atoms in total. The van der Waals surface area contributed by atoms with E-state index >= 15 is 0 Å². The molecule has 3 N–H and O–H groups in total. The van der Waals surface area contributed by atoms with Gasteiger partial charge in [-0.1, -0.05) is 40.0 Å². The van der Waals surface area contributed by atoms with Gasteiger partial charge in [0, 0.05) is 12.5 Å². The predicted octanol–water partition coefficient (Wildman–Crippen LogP) is 3.08. The zero-order valence-electron chi connectivity index (χ0n) is 12.7. The summed E-state index contributed by atoms with van der Waals surface area (Å²) >= 11 is 0. The largest absolute Gasteiger partial charge is 0.353 e. The van der Waals surface area contributed by atoms with Crippen LogP contribution in [0.2, 0.25) is 0 Å². The predicted molar refractivity (Wildman–Crippen MR) is 78.4 cm³/mol. The second kappa shape index (κ2) is 10.4. The van der Waals surface area contributed by atoms with Gasteiger partial charge >= 0.3 is 0 Å². The third-order valence-corrected chi connectivity index (χ3v) is 4.08. The number of hydrogen-bond donors (Lipinski definition) is 2. The van der Waals surface area contributed by atoms with E-state index in [0.29, 0.717) is 24.3 Å². The maximum atomic E-state index is 11.9. The summed E-state index contributed by atoms with van der Waals surface area (Å²) in [6, 6.07) is 0.294. The van der Waals surface area contributed by atoms with Crippen LogP contribution in [0.25, 0.3) is 0 Å². The lowest BCUT2D eigenvalue weighted by Gasteiger charge is -2.23. The van der Waals surface area contributed by atoms with Gasteiger partial charge in [-0.25, -0.2) is 0 Å². The van der Waals surface area contributed by atoms with Gasteiger partial charge in [0.1, 0.15) is 0 Å². The number of nitrogens with one attached hydrogen (secondary N) is 1. The molecule has 108 valence electrons. The van der Waals surface area contributed by atoms with Crippen LogP contribution < -0.4 is 11.1 Å².